The monoisotopic (exact) mass is 273 g/mol. The topological polar surface area (TPSA) is 57.6 Å². The molecule has 1 atom stereocenters. The second kappa shape index (κ2) is 7.56. The van der Waals surface area contributed by atoms with Gasteiger partial charge in [-0.3, -0.25) is 0 Å². The lowest BCUT2D eigenvalue weighted by Crippen LogP contribution is -2.16. The molecular weight excluding hydrogens is 250 g/mol. The number of methoxy groups -OCH3 is 1. The van der Waals surface area contributed by atoms with E-state index in [0.717, 1.165) is 35.9 Å². The number of hydrogen-bond donors (Lipinski definition) is 2. The van der Waals surface area contributed by atoms with Crippen molar-refractivity contribution in [2.45, 2.75) is 32.4 Å². The van der Waals surface area contributed by atoms with Crippen molar-refractivity contribution in [2.24, 2.45) is 0 Å². The van der Waals surface area contributed by atoms with Crippen LogP contribution >= 0.6 is 11.3 Å². The number of hydrogen-bond acceptors (Lipinski definition) is 6. The summed E-state index contributed by atoms with van der Waals surface area (Å²) in [5.74, 6) is 0.701. The first-order chi connectivity index (χ1) is 8.54. The van der Waals surface area contributed by atoms with Crippen LogP contribution in [0.1, 0.15) is 24.6 Å². The van der Waals surface area contributed by atoms with Crippen LogP contribution in [0.5, 0.6) is 5.88 Å². The second-order valence-corrected chi connectivity index (χ2v) is 5.55. The summed E-state index contributed by atoms with van der Waals surface area (Å²) < 4.78 is 5.26. The van der Waals surface area contributed by atoms with E-state index in [1.54, 1.807) is 18.4 Å². The van der Waals surface area contributed by atoms with Gasteiger partial charge in [-0.2, -0.15) is 4.98 Å². The third kappa shape index (κ3) is 4.80. The number of ether oxygens (including phenoxy) is 1. The van der Waals surface area contributed by atoms with Crippen LogP contribution in [0.4, 0.5) is 5.13 Å². The summed E-state index contributed by atoms with van der Waals surface area (Å²) >= 11 is 1.63. The number of nitrogens with zero attached hydrogens (tertiary/aromatic N) is 2. The third-order valence-corrected chi connectivity index (χ3v) is 3.69. The minimum atomic E-state index is -0.218. The molecule has 0 aliphatic rings. The smallest absolute Gasteiger partial charge is 0.230 e. The van der Waals surface area contributed by atoms with Gasteiger partial charge in [0.25, 0.3) is 0 Å². The van der Waals surface area contributed by atoms with Crippen molar-refractivity contribution in [2.75, 3.05) is 32.6 Å². The summed E-state index contributed by atoms with van der Waals surface area (Å²) in [7, 11) is 5.58. The lowest BCUT2D eigenvalue weighted by molar-refractivity contribution is 0.181. The summed E-state index contributed by atoms with van der Waals surface area (Å²) in [6.45, 7) is 3.47. The van der Waals surface area contributed by atoms with Gasteiger partial charge in [0.15, 0.2) is 5.13 Å². The molecule has 1 rings (SSSR count). The molecule has 0 bridgehead atoms. The number of thiazole rings is 1. The second-order valence-electron chi connectivity index (χ2n) is 4.49. The highest BCUT2D eigenvalue weighted by atomic mass is 32.1. The molecular formula is C12H23N3O2S. The van der Waals surface area contributed by atoms with Gasteiger partial charge >= 0.3 is 0 Å². The Bertz CT molecular complexity index is 353. The Morgan fingerprint density at radius 1 is 1.50 bits per heavy atom. The number of anilines is 1. The van der Waals surface area contributed by atoms with Gasteiger partial charge < -0.3 is 20.1 Å². The Balaban J connectivity index is 2.41. The zero-order valence-electron chi connectivity index (χ0n) is 11.6. The minimum absolute atomic E-state index is 0.218. The number of rotatable bonds is 8. The van der Waals surface area contributed by atoms with Crippen molar-refractivity contribution in [3.05, 3.63) is 4.88 Å². The average molecular weight is 273 g/mol. The lowest BCUT2D eigenvalue weighted by Gasteiger charge is -2.06. The van der Waals surface area contributed by atoms with E-state index in [0.29, 0.717) is 5.88 Å². The number of aromatic nitrogens is 1. The van der Waals surface area contributed by atoms with Crippen LogP contribution in [0.25, 0.3) is 0 Å². The van der Waals surface area contributed by atoms with E-state index >= 15 is 0 Å². The van der Waals surface area contributed by atoms with Crippen LogP contribution in [0, 0.1) is 0 Å². The molecule has 0 spiro atoms. The molecule has 0 saturated heterocycles. The van der Waals surface area contributed by atoms with Gasteiger partial charge in [-0.1, -0.05) is 11.3 Å². The Labute approximate surface area is 113 Å². The van der Waals surface area contributed by atoms with Crippen molar-refractivity contribution < 1.29 is 9.84 Å². The molecule has 1 unspecified atom stereocenters. The van der Waals surface area contributed by atoms with Crippen LogP contribution in [0.3, 0.4) is 0 Å². The van der Waals surface area contributed by atoms with E-state index in [-0.39, 0.29) is 6.10 Å². The van der Waals surface area contributed by atoms with E-state index in [2.05, 4.69) is 10.3 Å². The summed E-state index contributed by atoms with van der Waals surface area (Å²) in [5, 5.41) is 13.5. The Kier molecular flexibility index (Phi) is 6.38. The normalized spacial score (nSPS) is 12.5. The van der Waals surface area contributed by atoms with Gasteiger partial charge in [-0.15, -0.1) is 0 Å². The summed E-state index contributed by atoms with van der Waals surface area (Å²) in [6, 6.07) is 0. The molecule has 0 saturated carbocycles. The van der Waals surface area contributed by atoms with Crippen molar-refractivity contribution in [1.82, 2.24) is 10.3 Å². The Morgan fingerprint density at radius 2 is 2.22 bits per heavy atom. The Morgan fingerprint density at radius 3 is 2.78 bits per heavy atom. The largest absolute Gasteiger partial charge is 0.480 e. The maximum absolute atomic E-state index is 9.15. The first kappa shape index (κ1) is 15.2. The van der Waals surface area contributed by atoms with E-state index in [4.69, 9.17) is 9.84 Å². The fourth-order valence-electron chi connectivity index (χ4n) is 1.51. The molecule has 0 amide bonds. The minimum Gasteiger partial charge on any atom is -0.480 e. The molecule has 0 radical (unpaired) electrons. The highest BCUT2D eigenvalue weighted by molar-refractivity contribution is 7.15. The van der Waals surface area contributed by atoms with Gasteiger partial charge in [0.1, 0.15) is 0 Å². The van der Waals surface area contributed by atoms with E-state index in [1.165, 1.54) is 0 Å². The summed E-state index contributed by atoms with van der Waals surface area (Å²) in [4.78, 5) is 7.48. The molecule has 5 nitrogen and oxygen atoms in total. The fourth-order valence-corrected chi connectivity index (χ4v) is 2.43. The fraction of sp³-hybridized carbons (Fsp3) is 0.750. The Hall–Kier alpha value is -0.850. The lowest BCUT2D eigenvalue weighted by atomic mass is 10.2. The molecule has 0 aliphatic heterocycles. The molecule has 0 aliphatic carbocycles. The first-order valence-corrected chi connectivity index (χ1v) is 6.96. The standard InChI is InChI=1S/C12H23N3O2S/c1-9(16)6-5-7-13-8-10-11(17-4)14-12(18-10)15(2)3/h9,13,16H,5-8H2,1-4H3. The van der Waals surface area contributed by atoms with Crippen molar-refractivity contribution >= 4 is 16.5 Å². The zero-order chi connectivity index (χ0) is 13.5. The quantitative estimate of drug-likeness (QED) is 0.702. The molecule has 6 heteroatoms. The van der Waals surface area contributed by atoms with Gasteiger partial charge in [0.2, 0.25) is 5.88 Å². The molecule has 1 heterocycles. The molecule has 0 fully saturated rings. The molecule has 1 aromatic heterocycles. The summed E-state index contributed by atoms with van der Waals surface area (Å²) in [6.07, 6.45) is 1.58. The third-order valence-electron chi connectivity index (χ3n) is 2.49. The van der Waals surface area contributed by atoms with Gasteiger partial charge in [0, 0.05) is 20.6 Å². The predicted octanol–water partition coefficient (Wildman–Crippen LogP) is 1.47. The number of aliphatic hydroxyl groups excluding tert-OH is 1. The van der Waals surface area contributed by atoms with Crippen molar-refractivity contribution in [1.29, 1.82) is 0 Å². The molecule has 2 N–H and O–H groups in total. The first-order valence-electron chi connectivity index (χ1n) is 6.14. The van der Waals surface area contributed by atoms with Crippen LogP contribution < -0.4 is 15.0 Å². The van der Waals surface area contributed by atoms with Crippen LogP contribution in [0.15, 0.2) is 0 Å². The van der Waals surface area contributed by atoms with Crippen molar-refractivity contribution in [3.63, 3.8) is 0 Å². The number of nitrogens with one attached hydrogen (secondary N) is 1. The predicted molar refractivity (Wildman–Crippen MR) is 75.6 cm³/mol. The summed E-state index contributed by atoms with van der Waals surface area (Å²) in [5.41, 5.74) is 0. The van der Waals surface area contributed by atoms with E-state index < -0.39 is 0 Å². The van der Waals surface area contributed by atoms with Gasteiger partial charge in [-0.05, 0) is 26.3 Å². The van der Waals surface area contributed by atoms with E-state index in [9.17, 15) is 0 Å². The number of aliphatic hydroxyl groups is 1. The zero-order valence-corrected chi connectivity index (χ0v) is 12.4. The van der Waals surface area contributed by atoms with Crippen LogP contribution in [0.2, 0.25) is 0 Å². The maximum atomic E-state index is 9.15. The molecule has 0 aromatic carbocycles. The highest BCUT2D eigenvalue weighted by Gasteiger charge is 2.12. The van der Waals surface area contributed by atoms with E-state index in [1.807, 2.05) is 25.9 Å². The highest BCUT2D eigenvalue weighted by Crippen LogP contribution is 2.30. The maximum Gasteiger partial charge on any atom is 0.230 e. The molecule has 104 valence electrons. The SMILES string of the molecule is COc1nc(N(C)C)sc1CNCCCC(C)O. The van der Waals surface area contributed by atoms with Gasteiger partial charge in [0.05, 0.1) is 18.1 Å². The van der Waals surface area contributed by atoms with Crippen molar-refractivity contribution in [3.8, 4) is 5.88 Å². The van der Waals surface area contributed by atoms with Gasteiger partial charge in [-0.25, -0.2) is 0 Å². The average Bonchev–Trinajstić information content (AvgIpc) is 2.71. The van der Waals surface area contributed by atoms with Crippen LogP contribution in [-0.4, -0.2) is 43.9 Å². The van der Waals surface area contributed by atoms with Crippen LogP contribution in [-0.2, 0) is 6.54 Å². The molecule has 1 aromatic rings. The molecule has 18 heavy (non-hydrogen) atoms.